The number of halogens is 2. The second-order valence-corrected chi connectivity index (χ2v) is 6.07. The van der Waals surface area contributed by atoms with Crippen LogP contribution in [-0.2, 0) is 4.79 Å². The van der Waals surface area contributed by atoms with Gasteiger partial charge in [0.2, 0.25) is 11.8 Å². The van der Waals surface area contributed by atoms with E-state index in [1.165, 1.54) is 18.2 Å². The normalized spacial score (nSPS) is 10.6. The lowest BCUT2D eigenvalue weighted by Crippen LogP contribution is -2.15. The number of anilines is 1. The first kappa shape index (κ1) is 18.5. The van der Waals surface area contributed by atoms with E-state index in [2.05, 4.69) is 15.5 Å². The number of rotatable bonds is 6. The zero-order valence-electron chi connectivity index (χ0n) is 13.4. The summed E-state index contributed by atoms with van der Waals surface area (Å²) in [5.74, 6) is -2.18. The van der Waals surface area contributed by atoms with E-state index in [1.807, 2.05) is 0 Å². The zero-order valence-corrected chi connectivity index (χ0v) is 14.2. The molecule has 8 nitrogen and oxygen atoms in total. The van der Waals surface area contributed by atoms with Crippen molar-refractivity contribution in [3.8, 4) is 11.5 Å². The maximum absolute atomic E-state index is 13.5. The predicted molar refractivity (Wildman–Crippen MR) is 92.1 cm³/mol. The van der Waals surface area contributed by atoms with E-state index in [0.717, 1.165) is 30.0 Å². The molecular weight excluding hydrogens is 382 g/mol. The highest BCUT2D eigenvalue weighted by Crippen LogP contribution is 2.26. The van der Waals surface area contributed by atoms with Crippen LogP contribution in [0.4, 0.5) is 20.2 Å². The van der Waals surface area contributed by atoms with Gasteiger partial charge in [-0.1, -0.05) is 17.8 Å². The smallest absolute Gasteiger partial charge is 0.277 e. The number of nitrogens with zero attached hydrogens (tertiary/aromatic N) is 3. The highest BCUT2D eigenvalue weighted by atomic mass is 32.2. The first-order valence-corrected chi connectivity index (χ1v) is 8.37. The molecule has 27 heavy (non-hydrogen) atoms. The standard InChI is InChI=1S/C16H10F2N4O4S/c17-10-4-5-12(18)13(7-10)19-14(23)8-27-16-21-20-15(26-16)9-2-1-3-11(6-9)22(24)25/h1-7H,8H2,(H,19,23). The third-order valence-corrected chi connectivity index (χ3v) is 4.06. The summed E-state index contributed by atoms with van der Waals surface area (Å²) in [7, 11) is 0. The second kappa shape index (κ2) is 7.91. The van der Waals surface area contributed by atoms with Gasteiger partial charge in [-0.25, -0.2) is 8.78 Å². The Morgan fingerprint density at radius 3 is 2.81 bits per heavy atom. The molecule has 0 unspecified atom stereocenters. The fourth-order valence-electron chi connectivity index (χ4n) is 2.04. The molecule has 0 spiro atoms. The van der Waals surface area contributed by atoms with Gasteiger partial charge in [0.1, 0.15) is 11.6 Å². The van der Waals surface area contributed by atoms with E-state index < -0.39 is 22.5 Å². The fourth-order valence-corrected chi connectivity index (χ4v) is 2.61. The number of non-ortho nitro benzene ring substituents is 1. The van der Waals surface area contributed by atoms with Crippen LogP contribution in [-0.4, -0.2) is 26.8 Å². The third kappa shape index (κ3) is 4.64. The van der Waals surface area contributed by atoms with E-state index >= 15 is 0 Å². The van der Waals surface area contributed by atoms with E-state index in [4.69, 9.17) is 4.42 Å². The summed E-state index contributed by atoms with van der Waals surface area (Å²) in [5.41, 5.74) is -0.0466. The largest absolute Gasteiger partial charge is 0.411 e. The van der Waals surface area contributed by atoms with Gasteiger partial charge < -0.3 is 9.73 Å². The lowest BCUT2D eigenvalue weighted by Gasteiger charge is -2.05. The molecule has 0 atom stereocenters. The van der Waals surface area contributed by atoms with E-state index in [-0.39, 0.29) is 28.2 Å². The van der Waals surface area contributed by atoms with Gasteiger partial charge in [-0.2, -0.15) is 0 Å². The van der Waals surface area contributed by atoms with Crippen LogP contribution >= 0.6 is 11.8 Å². The van der Waals surface area contributed by atoms with Crippen molar-refractivity contribution >= 4 is 29.0 Å². The summed E-state index contributed by atoms with van der Waals surface area (Å²) < 4.78 is 31.9. The Labute approximate surface area is 154 Å². The molecule has 3 rings (SSSR count). The molecule has 1 N–H and O–H groups in total. The van der Waals surface area contributed by atoms with Gasteiger partial charge in [0.15, 0.2) is 0 Å². The number of nitrogens with one attached hydrogen (secondary N) is 1. The van der Waals surface area contributed by atoms with E-state index in [1.54, 1.807) is 6.07 Å². The molecule has 138 valence electrons. The van der Waals surface area contributed by atoms with Crippen molar-refractivity contribution in [3.05, 3.63) is 64.2 Å². The summed E-state index contributed by atoms with van der Waals surface area (Å²) in [5, 5.41) is 20.6. The molecule has 0 aliphatic heterocycles. The molecular formula is C16H10F2N4O4S. The van der Waals surface area contributed by atoms with E-state index in [0.29, 0.717) is 5.56 Å². The van der Waals surface area contributed by atoms with Gasteiger partial charge in [0.05, 0.1) is 16.4 Å². The Balaban J connectivity index is 1.62. The first-order valence-electron chi connectivity index (χ1n) is 7.38. The Kier molecular flexibility index (Phi) is 5.41. The van der Waals surface area contributed by atoms with Crippen molar-refractivity contribution in [1.82, 2.24) is 10.2 Å². The first-order chi connectivity index (χ1) is 12.9. The fraction of sp³-hybridized carbons (Fsp3) is 0.0625. The number of benzene rings is 2. The maximum atomic E-state index is 13.5. The summed E-state index contributed by atoms with van der Waals surface area (Å²) >= 11 is 0.881. The van der Waals surface area contributed by atoms with Crippen molar-refractivity contribution < 1.29 is 22.9 Å². The third-order valence-electron chi connectivity index (χ3n) is 3.24. The topological polar surface area (TPSA) is 111 Å². The number of amides is 1. The number of carbonyl (C=O) groups is 1. The molecule has 11 heteroatoms. The number of nitro benzene ring substituents is 1. The van der Waals surface area contributed by atoms with Crippen LogP contribution in [0.5, 0.6) is 0 Å². The highest BCUT2D eigenvalue weighted by Gasteiger charge is 2.15. The molecule has 1 aromatic heterocycles. The SMILES string of the molecule is O=C(CSc1nnc(-c2cccc([N+](=O)[O-])c2)o1)Nc1cc(F)ccc1F. The van der Waals surface area contributed by atoms with Crippen molar-refractivity contribution in [2.75, 3.05) is 11.1 Å². The summed E-state index contributed by atoms with van der Waals surface area (Å²) in [6.07, 6.45) is 0. The van der Waals surface area contributed by atoms with E-state index in [9.17, 15) is 23.7 Å². The number of nitro groups is 1. The van der Waals surface area contributed by atoms with Crippen LogP contribution in [0.25, 0.3) is 11.5 Å². The van der Waals surface area contributed by atoms with Gasteiger partial charge in [-0.15, -0.1) is 10.2 Å². The minimum absolute atomic E-state index is 0.0476. The average Bonchev–Trinajstić information content (AvgIpc) is 3.12. The van der Waals surface area contributed by atoms with Gasteiger partial charge in [0, 0.05) is 23.8 Å². The van der Waals surface area contributed by atoms with Gasteiger partial charge >= 0.3 is 0 Å². The summed E-state index contributed by atoms with van der Waals surface area (Å²) in [4.78, 5) is 22.1. The predicted octanol–water partition coefficient (Wildman–Crippen LogP) is 3.65. The molecule has 2 aromatic carbocycles. The highest BCUT2D eigenvalue weighted by molar-refractivity contribution is 7.99. The Bertz CT molecular complexity index is 1010. The summed E-state index contributed by atoms with van der Waals surface area (Å²) in [6, 6.07) is 8.35. The molecule has 0 radical (unpaired) electrons. The van der Waals surface area contributed by atoms with Crippen molar-refractivity contribution in [2.24, 2.45) is 0 Å². The molecule has 0 saturated heterocycles. The zero-order chi connectivity index (χ0) is 19.4. The molecule has 1 heterocycles. The molecule has 0 saturated carbocycles. The van der Waals surface area contributed by atoms with Crippen LogP contribution in [0, 0.1) is 21.7 Å². The van der Waals surface area contributed by atoms with Crippen LogP contribution in [0.2, 0.25) is 0 Å². The Morgan fingerprint density at radius 2 is 2.04 bits per heavy atom. The van der Waals surface area contributed by atoms with Crippen LogP contribution in [0.3, 0.4) is 0 Å². The molecule has 3 aromatic rings. The average molecular weight is 392 g/mol. The number of thioether (sulfide) groups is 1. The van der Waals surface area contributed by atoms with Crippen LogP contribution in [0.15, 0.2) is 52.1 Å². The Hall–Kier alpha value is -3.34. The van der Waals surface area contributed by atoms with Gasteiger partial charge in [-0.05, 0) is 18.2 Å². The van der Waals surface area contributed by atoms with Gasteiger partial charge in [0.25, 0.3) is 10.9 Å². The number of hydrogen-bond donors (Lipinski definition) is 1. The monoisotopic (exact) mass is 392 g/mol. The minimum Gasteiger partial charge on any atom is -0.411 e. The molecule has 0 aliphatic rings. The summed E-state index contributed by atoms with van der Waals surface area (Å²) in [6.45, 7) is 0. The molecule has 0 aliphatic carbocycles. The van der Waals surface area contributed by atoms with Crippen molar-refractivity contribution in [1.29, 1.82) is 0 Å². The lowest BCUT2D eigenvalue weighted by atomic mass is 10.2. The van der Waals surface area contributed by atoms with Gasteiger partial charge in [-0.3, -0.25) is 14.9 Å². The molecule has 0 bridgehead atoms. The number of carbonyl (C=O) groups excluding carboxylic acids is 1. The quantitative estimate of drug-likeness (QED) is 0.387. The second-order valence-electron chi connectivity index (χ2n) is 5.14. The minimum atomic E-state index is -0.763. The molecule has 1 amide bonds. The maximum Gasteiger partial charge on any atom is 0.277 e. The van der Waals surface area contributed by atoms with Crippen LogP contribution in [0.1, 0.15) is 0 Å². The van der Waals surface area contributed by atoms with Crippen molar-refractivity contribution in [3.63, 3.8) is 0 Å². The number of aromatic nitrogens is 2. The Morgan fingerprint density at radius 1 is 1.22 bits per heavy atom. The lowest BCUT2D eigenvalue weighted by molar-refractivity contribution is -0.384. The molecule has 0 fully saturated rings. The number of hydrogen-bond acceptors (Lipinski definition) is 7. The van der Waals surface area contributed by atoms with Crippen LogP contribution < -0.4 is 5.32 Å². The van der Waals surface area contributed by atoms with Crippen molar-refractivity contribution in [2.45, 2.75) is 5.22 Å².